The fraction of sp³-hybridized carbons (Fsp3) is 0.231. The van der Waals surface area contributed by atoms with Crippen molar-refractivity contribution < 1.29 is 14.2 Å². The van der Waals surface area contributed by atoms with E-state index in [9.17, 15) is 9.18 Å². The Kier molecular flexibility index (Phi) is 4.31. The molecule has 0 amide bonds. The quantitative estimate of drug-likeness (QED) is 0.843. The van der Waals surface area contributed by atoms with E-state index in [0.29, 0.717) is 17.0 Å². The summed E-state index contributed by atoms with van der Waals surface area (Å²) >= 11 is 5.07. The molecular weight excluding hydrogens is 283 g/mol. The van der Waals surface area contributed by atoms with E-state index in [4.69, 9.17) is 22.1 Å². The summed E-state index contributed by atoms with van der Waals surface area (Å²) in [5, 5.41) is 9.10. The van der Waals surface area contributed by atoms with Gasteiger partial charge in [-0.15, -0.1) is 0 Å². The van der Waals surface area contributed by atoms with Gasteiger partial charge >= 0.3 is 0 Å². The van der Waals surface area contributed by atoms with Crippen LogP contribution in [0.25, 0.3) is 11.3 Å². The third-order valence-electron chi connectivity index (χ3n) is 2.79. The number of aliphatic hydroxyl groups is 1. The lowest BCUT2D eigenvalue weighted by molar-refractivity contribution is 0.275. The van der Waals surface area contributed by atoms with Gasteiger partial charge in [-0.2, -0.15) is 0 Å². The molecule has 2 aromatic rings. The molecule has 0 bridgehead atoms. The van der Waals surface area contributed by atoms with Gasteiger partial charge in [-0.3, -0.25) is 9.78 Å². The molecule has 0 aliphatic carbocycles. The van der Waals surface area contributed by atoms with Crippen LogP contribution in [0.1, 0.15) is 0 Å². The molecule has 0 saturated heterocycles. The Labute approximate surface area is 119 Å². The number of aromatic nitrogens is 2. The van der Waals surface area contributed by atoms with E-state index in [-0.39, 0.29) is 17.9 Å². The van der Waals surface area contributed by atoms with Gasteiger partial charge < -0.3 is 14.4 Å². The van der Waals surface area contributed by atoms with Crippen LogP contribution in [0.15, 0.2) is 29.1 Å². The molecule has 0 aliphatic rings. The van der Waals surface area contributed by atoms with Gasteiger partial charge in [-0.25, -0.2) is 4.39 Å². The predicted molar refractivity (Wildman–Crippen MR) is 74.9 cm³/mol. The second kappa shape index (κ2) is 5.98. The van der Waals surface area contributed by atoms with Crippen molar-refractivity contribution in [3.63, 3.8) is 0 Å². The summed E-state index contributed by atoms with van der Waals surface area (Å²) in [5.41, 5.74) is 0.396. The molecule has 1 aromatic heterocycles. The highest BCUT2D eigenvalue weighted by Gasteiger charge is 2.12. The predicted octanol–water partition coefficient (Wildman–Crippen LogP) is 1.71. The summed E-state index contributed by atoms with van der Waals surface area (Å²) < 4.78 is 20.3. The second-order valence-corrected chi connectivity index (χ2v) is 4.43. The first-order valence-corrected chi connectivity index (χ1v) is 6.26. The Bertz CT molecular complexity index is 739. The first kappa shape index (κ1) is 14.4. The van der Waals surface area contributed by atoms with Crippen LogP contribution in [0.4, 0.5) is 4.39 Å². The monoisotopic (exact) mass is 296 g/mol. The molecule has 0 aliphatic heterocycles. The highest BCUT2D eigenvalue weighted by Crippen LogP contribution is 2.29. The van der Waals surface area contributed by atoms with Crippen molar-refractivity contribution in [3.8, 4) is 17.0 Å². The number of hydrogen-bond donors (Lipinski definition) is 2. The summed E-state index contributed by atoms with van der Waals surface area (Å²) in [6, 6.07) is 5.29. The number of hydrogen-bond acceptors (Lipinski definition) is 4. The maximum absolute atomic E-state index is 13.5. The number of benzene rings is 1. The molecule has 5 nitrogen and oxygen atoms in total. The largest absolute Gasteiger partial charge is 0.496 e. The van der Waals surface area contributed by atoms with Gasteiger partial charge in [0.15, 0.2) is 4.77 Å². The first-order valence-electron chi connectivity index (χ1n) is 5.85. The molecule has 0 atom stereocenters. The van der Waals surface area contributed by atoms with Gasteiger partial charge in [0.25, 0.3) is 5.56 Å². The molecule has 2 rings (SSSR count). The lowest BCUT2D eigenvalue weighted by atomic mass is 10.1. The molecule has 7 heteroatoms. The van der Waals surface area contributed by atoms with Gasteiger partial charge in [-0.1, -0.05) is 0 Å². The molecule has 0 unspecified atom stereocenters. The van der Waals surface area contributed by atoms with Crippen LogP contribution in [0, 0.1) is 10.6 Å². The van der Waals surface area contributed by atoms with Crippen LogP contribution in [0.5, 0.6) is 5.75 Å². The summed E-state index contributed by atoms with van der Waals surface area (Å²) in [7, 11) is 1.45. The third kappa shape index (κ3) is 2.78. The number of rotatable bonds is 4. The van der Waals surface area contributed by atoms with Crippen molar-refractivity contribution in [3.05, 3.63) is 45.2 Å². The summed E-state index contributed by atoms with van der Waals surface area (Å²) in [4.78, 5) is 14.1. The zero-order chi connectivity index (χ0) is 14.7. The number of H-pyrrole nitrogens is 1. The zero-order valence-electron chi connectivity index (χ0n) is 10.7. The molecule has 0 saturated carbocycles. The van der Waals surface area contributed by atoms with E-state index in [1.165, 1.54) is 35.9 Å². The van der Waals surface area contributed by atoms with Crippen molar-refractivity contribution in [2.24, 2.45) is 0 Å². The van der Waals surface area contributed by atoms with Crippen LogP contribution in [0.3, 0.4) is 0 Å². The normalized spacial score (nSPS) is 10.6. The molecule has 1 aromatic carbocycles. The minimum Gasteiger partial charge on any atom is -0.496 e. The Balaban J connectivity index is 2.77. The Morgan fingerprint density at radius 2 is 2.20 bits per heavy atom. The summed E-state index contributed by atoms with van der Waals surface area (Å²) in [6.45, 7) is 0.0234. The lowest BCUT2D eigenvalue weighted by Gasteiger charge is -2.15. The maximum atomic E-state index is 13.5. The Morgan fingerprint density at radius 3 is 2.85 bits per heavy atom. The van der Waals surface area contributed by atoms with Gasteiger partial charge in [0, 0.05) is 18.2 Å². The van der Waals surface area contributed by atoms with E-state index >= 15 is 0 Å². The Morgan fingerprint density at radius 1 is 1.45 bits per heavy atom. The molecule has 0 fully saturated rings. The van der Waals surface area contributed by atoms with Crippen molar-refractivity contribution in [2.75, 3.05) is 13.7 Å². The SMILES string of the molecule is COc1ccc(F)cc1-c1cc(=O)[nH]c(=S)n1CCO. The van der Waals surface area contributed by atoms with Crippen LogP contribution in [-0.4, -0.2) is 28.4 Å². The third-order valence-corrected chi connectivity index (χ3v) is 3.12. The van der Waals surface area contributed by atoms with E-state index in [2.05, 4.69) is 4.98 Å². The lowest BCUT2D eigenvalue weighted by Crippen LogP contribution is -2.16. The van der Waals surface area contributed by atoms with E-state index in [0.717, 1.165) is 0 Å². The van der Waals surface area contributed by atoms with Gasteiger partial charge in [0.1, 0.15) is 11.6 Å². The van der Waals surface area contributed by atoms with E-state index in [1.54, 1.807) is 0 Å². The topological polar surface area (TPSA) is 67.2 Å². The highest BCUT2D eigenvalue weighted by molar-refractivity contribution is 7.71. The zero-order valence-corrected chi connectivity index (χ0v) is 11.5. The number of halogens is 1. The number of aromatic amines is 1. The van der Waals surface area contributed by atoms with Gasteiger partial charge in [0.05, 0.1) is 19.4 Å². The highest BCUT2D eigenvalue weighted by atomic mass is 32.1. The average Bonchev–Trinajstić information content (AvgIpc) is 2.41. The number of ether oxygens (including phenoxy) is 1. The minimum absolute atomic E-state index is 0.160. The second-order valence-electron chi connectivity index (χ2n) is 4.04. The smallest absolute Gasteiger partial charge is 0.252 e. The number of nitrogens with zero attached hydrogens (tertiary/aromatic N) is 1. The fourth-order valence-electron chi connectivity index (χ4n) is 1.95. The number of aliphatic hydroxyl groups excluding tert-OH is 1. The molecule has 106 valence electrons. The molecular formula is C13H13FN2O3S. The number of nitrogens with one attached hydrogen (secondary N) is 1. The molecule has 2 N–H and O–H groups in total. The van der Waals surface area contributed by atoms with Crippen LogP contribution >= 0.6 is 12.2 Å². The Hall–Kier alpha value is -1.99. The van der Waals surface area contributed by atoms with Crippen molar-refractivity contribution in [1.29, 1.82) is 0 Å². The van der Waals surface area contributed by atoms with E-state index in [1.807, 2.05) is 0 Å². The molecule has 0 radical (unpaired) electrons. The minimum atomic E-state index is -0.456. The molecule has 20 heavy (non-hydrogen) atoms. The van der Waals surface area contributed by atoms with Crippen LogP contribution in [-0.2, 0) is 6.54 Å². The summed E-state index contributed by atoms with van der Waals surface area (Å²) in [5.74, 6) is -0.0411. The standard InChI is InChI=1S/C13H13FN2O3S/c1-19-11-3-2-8(14)6-9(11)10-7-12(18)15-13(20)16(10)4-5-17/h2-3,6-7,17H,4-5H2,1H3,(H,15,18,20). The average molecular weight is 296 g/mol. The first-order chi connectivity index (χ1) is 9.56. The summed E-state index contributed by atoms with van der Waals surface area (Å²) in [6.07, 6.45) is 0. The van der Waals surface area contributed by atoms with Crippen LogP contribution < -0.4 is 10.3 Å². The molecule has 0 spiro atoms. The van der Waals surface area contributed by atoms with Gasteiger partial charge in [-0.05, 0) is 30.4 Å². The van der Waals surface area contributed by atoms with E-state index < -0.39 is 11.4 Å². The van der Waals surface area contributed by atoms with Crippen LogP contribution in [0.2, 0.25) is 0 Å². The fourth-order valence-corrected chi connectivity index (χ4v) is 2.24. The van der Waals surface area contributed by atoms with Crippen molar-refractivity contribution >= 4 is 12.2 Å². The van der Waals surface area contributed by atoms with Gasteiger partial charge in [0.2, 0.25) is 0 Å². The maximum Gasteiger partial charge on any atom is 0.252 e. The van der Waals surface area contributed by atoms with Crippen molar-refractivity contribution in [2.45, 2.75) is 6.54 Å². The molecule has 1 heterocycles. The number of methoxy groups -OCH3 is 1. The van der Waals surface area contributed by atoms with Crippen molar-refractivity contribution in [1.82, 2.24) is 9.55 Å².